The van der Waals surface area contributed by atoms with Gasteiger partial charge < -0.3 is 5.32 Å². The molecule has 1 aromatic heterocycles. The fraction of sp³-hybridized carbons (Fsp3) is 0.381. The number of nitrogens with zero attached hydrogens (tertiary/aromatic N) is 3. The first-order chi connectivity index (χ1) is 13.1. The Morgan fingerprint density at radius 1 is 1.22 bits per heavy atom. The fourth-order valence-electron chi connectivity index (χ4n) is 4.13. The van der Waals surface area contributed by atoms with Gasteiger partial charge in [0.1, 0.15) is 11.8 Å². The summed E-state index contributed by atoms with van der Waals surface area (Å²) in [5.74, 6) is 0.609. The van der Waals surface area contributed by atoms with Gasteiger partial charge >= 0.3 is 0 Å². The molecule has 2 atom stereocenters. The van der Waals surface area contributed by atoms with Crippen LogP contribution in [0.15, 0.2) is 52.4 Å². The van der Waals surface area contributed by atoms with Crippen LogP contribution in [0.1, 0.15) is 35.8 Å². The highest BCUT2D eigenvalue weighted by molar-refractivity contribution is 7.99. The Morgan fingerprint density at radius 3 is 2.63 bits per heavy atom. The smallest absolute Gasteiger partial charge is 0.251 e. The molecule has 0 aliphatic carbocycles. The lowest BCUT2D eigenvalue weighted by Crippen LogP contribution is -2.62. The zero-order chi connectivity index (χ0) is 18.8. The normalized spacial score (nSPS) is 26.4. The summed E-state index contributed by atoms with van der Waals surface area (Å²) >= 11 is 1.55. The summed E-state index contributed by atoms with van der Waals surface area (Å²) in [6.07, 6.45) is 4.00. The van der Waals surface area contributed by atoms with E-state index in [1.54, 1.807) is 24.0 Å². The van der Waals surface area contributed by atoms with Gasteiger partial charge in [0.15, 0.2) is 0 Å². The van der Waals surface area contributed by atoms with Crippen molar-refractivity contribution >= 4 is 17.7 Å². The summed E-state index contributed by atoms with van der Waals surface area (Å²) in [6.45, 7) is 4.54. The van der Waals surface area contributed by atoms with Crippen LogP contribution in [0.3, 0.4) is 0 Å². The molecule has 0 radical (unpaired) electrons. The molecule has 2 aromatic rings. The highest BCUT2D eigenvalue weighted by atomic mass is 32.2. The molecule has 6 heteroatoms. The van der Waals surface area contributed by atoms with E-state index < -0.39 is 0 Å². The second kappa shape index (κ2) is 7.71. The molecular formula is C21H22N4OS. The summed E-state index contributed by atoms with van der Waals surface area (Å²) in [7, 11) is 0. The zero-order valence-electron chi connectivity index (χ0n) is 15.3. The second-order valence-electron chi connectivity index (χ2n) is 7.23. The Bertz CT molecular complexity index is 866. The van der Waals surface area contributed by atoms with Gasteiger partial charge in [-0.05, 0) is 75.2 Å². The third-order valence-corrected chi connectivity index (χ3v) is 6.67. The van der Waals surface area contributed by atoms with Gasteiger partial charge in [0.05, 0.1) is 0 Å². The zero-order valence-corrected chi connectivity index (χ0v) is 16.1. The van der Waals surface area contributed by atoms with Crippen LogP contribution in [0.2, 0.25) is 0 Å². The van der Waals surface area contributed by atoms with Crippen LogP contribution in [0, 0.1) is 17.2 Å². The molecule has 3 aliphatic rings. The lowest BCUT2D eigenvalue weighted by Gasteiger charge is -2.49. The van der Waals surface area contributed by atoms with Crippen molar-refractivity contribution in [1.82, 2.24) is 15.2 Å². The number of fused-ring (bicyclic) bond motifs is 3. The number of pyridine rings is 1. The van der Waals surface area contributed by atoms with Gasteiger partial charge in [-0.25, -0.2) is 4.98 Å². The van der Waals surface area contributed by atoms with Crippen LogP contribution in [0.5, 0.6) is 0 Å². The number of hydrogen-bond acceptors (Lipinski definition) is 5. The van der Waals surface area contributed by atoms with Crippen molar-refractivity contribution in [2.45, 2.75) is 41.6 Å². The van der Waals surface area contributed by atoms with Crippen molar-refractivity contribution < 1.29 is 4.79 Å². The van der Waals surface area contributed by atoms with Crippen molar-refractivity contribution in [2.24, 2.45) is 5.92 Å². The predicted molar refractivity (Wildman–Crippen MR) is 105 cm³/mol. The Morgan fingerprint density at radius 2 is 1.96 bits per heavy atom. The van der Waals surface area contributed by atoms with Gasteiger partial charge in [0, 0.05) is 33.6 Å². The highest BCUT2D eigenvalue weighted by Gasteiger charge is 2.40. The van der Waals surface area contributed by atoms with Crippen molar-refractivity contribution in [2.75, 3.05) is 13.1 Å². The first kappa shape index (κ1) is 18.0. The van der Waals surface area contributed by atoms with Gasteiger partial charge in [0.2, 0.25) is 0 Å². The van der Waals surface area contributed by atoms with E-state index in [0.717, 1.165) is 22.9 Å². The molecule has 0 unspecified atom stereocenters. The molecule has 138 valence electrons. The van der Waals surface area contributed by atoms with E-state index >= 15 is 0 Å². The van der Waals surface area contributed by atoms with E-state index in [2.05, 4.69) is 28.2 Å². The Labute approximate surface area is 163 Å². The summed E-state index contributed by atoms with van der Waals surface area (Å²) in [5, 5.41) is 12.2. The summed E-state index contributed by atoms with van der Waals surface area (Å²) < 4.78 is 0. The summed E-state index contributed by atoms with van der Waals surface area (Å²) in [5.41, 5.74) is 1.10. The van der Waals surface area contributed by atoms with Crippen molar-refractivity contribution in [3.63, 3.8) is 0 Å². The monoisotopic (exact) mass is 378 g/mol. The number of hydrogen-bond donors (Lipinski definition) is 1. The number of carbonyl (C=O) groups excluding carboxylic acids is 1. The van der Waals surface area contributed by atoms with Gasteiger partial charge in [-0.2, -0.15) is 5.26 Å². The van der Waals surface area contributed by atoms with Gasteiger partial charge in [-0.3, -0.25) is 9.69 Å². The van der Waals surface area contributed by atoms with Gasteiger partial charge in [0.25, 0.3) is 5.91 Å². The average Bonchev–Trinajstić information content (AvgIpc) is 2.71. The third-order valence-electron chi connectivity index (χ3n) is 5.67. The molecule has 2 bridgehead atoms. The molecule has 0 spiro atoms. The molecule has 3 fully saturated rings. The lowest BCUT2D eigenvalue weighted by molar-refractivity contribution is 0.0217. The maximum Gasteiger partial charge on any atom is 0.251 e. The molecule has 1 aromatic carbocycles. The molecule has 3 saturated heterocycles. The SMILES string of the molecule is C[C@H]1[C@H](NC(=O)c2ccc(Sc3ccnc(C#N)c3)cc2)C2CCN1CC2. The van der Waals surface area contributed by atoms with Crippen LogP contribution in [-0.4, -0.2) is 41.0 Å². The first-order valence-corrected chi connectivity index (χ1v) is 10.1. The van der Waals surface area contributed by atoms with Crippen molar-refractivity contribution in [3.05, 3.63) is 53.9 Å². The Balaban J connectivity index is 1.41. The predicted octanol–water partition coefficient (Wildman–Crippen LogP) is 3.32. The standard InChI is InChI=1S/C21H22N4OS/c1-14-20(15-7-10-25(14)11-8-15)24-21(26)16-2-4-18(5-3-16)27-19-6-9-23-17(12-19)13-22/h2-6,9,12,14-15,20H,7-8,10-11H2,1H3,(H,24,26)/t14-,20-/m0/s1. The average molecular weight is 379 g/mol. The lowest BCUT2D eigenvalue weighted by atomic mass is 9.79. The minimum Gasteiger partial charge on any atom is -0.347 e. The Hall–Kier alpha value is -2.36. The number of nitriles is 1. The van der Waals surface area contributed by atoms with E-state index in [4.69, 9.17) is 5.26 Å². The first-order valence-electron chi connectivity index (χ1n) is 9.33. The number of amides is 1. The van der Waals surface area contributed by atoms with Crippen LogP contribution in [0.25, 0.3) is 0 Å². The fourth-order valence-corrected chi connectivity index (χ4v) is 4.97. The van der Waals surface area contributed by atoms with Crippen LogP contribution >= 0.6 is 11.8 Å². The summed E-state index contributed by atoms with van der Waals surface area (Å²) in [4.78, 5) is 21.2. The molecule has 1 amide bonds. The van der Waals surface area contributed by atoms with E-state index in [0.29, 0.717) is 23.2 Å². The van der Waals surface area contributed by atoms with E-state index in [1.165, 1.54) is 12.8 Å². The number of aromatic nitrogens is 1. The quantitative estimate of drug-likeness (QED) is 0.884. The van der Waals surface area contributed by atoms with Gasteiger partial charge in [-0.1, -0.05) is 11.8 Å². The number of piperidine rings is 3. The molecule has 1 N–H and O–H groups in total. The van der Waals surface area contributed by atoms with Crippen LogP contribution in [-0.2, 0) is 0 Å². The minimum absolute atomic E-state index is 0.00725. The van der Waals surface area contributed by atoms with Crippen molar-refractivity contribution in [3.8, 4) is 6.07 Å². The maximum atomic E-state index is 12.7. The molecule has 27 heavy (non-hydrogen) atoms. The number of rotatable bonds is 4. The molecule has 3 aliphatic heterocycles. The topological polar surface area (TPSA) is 69.0 Å². The van der Waals surface area contributed by atoms with E-state index in [1.807, 2.05) is 30.3 Å². The maximum absolute atomic E-state index is 12.7. The minimum atomic E-state index is 0.00725. The van der Waals surface area contributed by atoms with Gasteiger partial charge in [-0.15, -0.1) is 0 Å². The van der Waals surface area contributed by atoms with E-state index in [9.17, 15) is 4.79 Å². The molecule has 0 saturated carbocycles. The molecule has 5 rings (SSSR count). The molecule has 4 heterocycles. The number of carbonyl (C=O) groups is 1. The third kappa shape index (κ3) is 3.85. The second-order valence-corrected chi connectivity index (χ2v) is 8.38. The van der Waals surface area contributed by atoms with Crippen LogP contribution < -0.4 is 5.32 Å². The molecular weight excluding hydrogens is 356 g/mol. The number of benzene rings is 1. The number of nitrogens with one attached hydrogen (secondary N) is 1. The van der Waals surface area contributed by atoms with E-state index in [-0.39, 0.29) is 11.9 Å². The van der Waals surface area contributed by atoms with Crippen LogP contribution in [0.4, 0.5) is 0 Å². The highest BCUT2D eigenvalue weighted by Crippen LogP contribution is 2.32. The molecule has 5 nitrogen and oxygen atoms in total. The van der Waals surface area contributed by atoms with Crippen molar-refractivity contribution in [1.29, 1.82) is 5.26 Å². The summed E-state index contributed by atoms with van der Waals surface area (Å²) in [6, 6.07) is 14.0. The Kier molecular flexibility index (Phi) is 5.15. The largest absolute Gasteiger partial charge is 0.347 e.